The lowest BCUT2D eigenvalue weighted by atomic mass is 9.97. The van der Waals surface area contributed by atoms with E-state index in [4.69, 9.17) is 0 Å². The van der Waals surface area contributed by atoms with Crippen LogP contribution in [0.15, 0.2) is 47.4 Å². The number of carbonyl (C=O) groups is 1. The number of rotatable bonds is 9. The molecule has 0 saturated carbocycles. The van der Waals surface area contributed by atoms with Crippen molar-refractivity contribution >= 4 is 27.1 Å². The second kappa shape index (κ2) is 9.77. The molecular weight excluding hydrogens is 422 g/mol. The fraction of sp³-hybridized carbons (Fsp3) is 0.435. The van der Waals surface area contributed by atoms with Crippen LogP contribution >= 0.6 is 0 Å². The summed E-state index contributed by atoms with van der Waals surface area (Å²) in [7, 11) is -3.29. The number of hydrogen-bond donors (Lipinski definition) is 2. The topological polar surface area (TPSA) is 75.3 Å². The third-order valence-electron chi connectivity index (χ3n) is 5.07. The Labute approximate surface area is 183 Å². The maximum absolute atomic E-state index is 14.0. The van der Waals surface area contributed by atoms with Gasteiger partial charge in [0.1, 0.15) is 0 Å². The molecule has 2 rings (SSSR count). The maximum Gasteiger partial charge on any atom is 0.265 e. The molecule has 31 heavy (non-hydrogen) atoms. The van der Waals surface area contributed by atoms with Crippen LogP contribution in [-0.4, -0.2) is 32.0 Å². The average molecular weight is 453 g/mol. The van der Waals surface area contributed by atoms with Crippen LogP contribution in [0, 0.1) is 12.8 Å². The molecular formula is C23H30F2N2O3S. The summed E-state index contributed by atoms with van der Waals surface area (Å²) >= 11 is 0. The Bertz CT molecular complexity index is 1010. The molecule has 2 aromatic rings. The van der Waals surface area contributed by atoms with Crippen LogP contribution in [-0.2, 0) is 21.1 Å². The summed E-state index contributed by atoms with van der Waals surface area (Å²) in [5.41, 5.74) is 2.49. The highest BCUT2D eigenvalue weighted by Crippen LogP contribution is 2.29. The van der Waals surface area contributed by atoms with Gasteiger partial charge in [-0.2, -0.15) is 0 Å². The first kappa shape index (κ1) is 24.8. The van der Waals surface area contributed by atoms with Crippen molar-refractivity contribution in [2.75, 3.05) is 16.4 Å². The fourth-order valence-corrected chi connectivity index (χ4v) is 4.16. The monoisotopic (exact) mass is 452 g/mol. The number of sulfone groups is 1. The second-order valence-electron chi connectivity index (χ2n) is 8.12. The average Bonchev–Trinajstić information content (AvgIpc) is 2.67. The molecule has 0 heterocycles. The Kier molecular flexibility index (Phi) is 7.81. The van der Waals surface area contributed by atoms with Crippen LogP contribution in [0.25, 0.3) is 0 Å². The number of halogens is 2. The molecule has 1 amide bonds. The minimum atomic E-state index is -3.29. The maximum atomic E-state index is 14.0. The highest BCUT2D eigenvalue weighted by Gasteiger charge is 2.36. The van der Waals surface area contributed by atoms with E-state index in [-0.39, 0.29) is 28.9 Å². The lowest BCUT2D eigenvalue weighted by Gasteiger charge is -2.29. The summed E-state index contributed by atoms with van der Waals surface area (Å²) < 4.78 is 51.7. The zero-order valence-corrected chi connectivity index (χ0v) is 19.3. The summed E-state index contributed by atoms with van der Waals surface area (Å²) in [6, 6.07) is 10.3. The van der Waals surface area contributed by atoms with Crippen molar-refractivity contribution in [2.24, 2.45) is 5.92 Å². The van der Waals surface area contributed by atoms with E-state index in [1.165, 1.54) is 12.1 Å². The van der Waals surface area contributed by atoms with Crippen LogP contribution in [0.4, 0.5) is 20.2 Å². The van der Waals surface area contributed by atoms with Crippen molar-refractivity contribution in [2.45, 2.75) is 57.9 Å². The van der Waals surface area contributed by atoms with Crippen LogP contribution in [0.3, 0.4) is 0 Å². The van der Waals surface area contributed by atoms with E-state index in [1.807, 2.05) is 6.92 Å². The highest BCUT2D eigenvalue weighted by molar-refractivity contribution is 7.91. The van der Waals surface area contributed by atoms with Crippen LogP contribution in [0.1, 0.15) is 38.8 Å². The molecule has 0 radical (unpaired) electrons. The normalized spacial score (nSPS) is 13.2. The first-order valence-corrected chi connectivity index (χ1v) is 11.8. The third kappa shape index (κ3) is 6.75. The molecule has 0 fully saturated rings. The number of carbonyl (C=O) groups excluding carboxylic acids is 1. The molecule has 0 aliphatic carbocycles. The van der Waals surface area contributed by atoms with Crippen LogP contribution in [0.5, 0.6) is 0 Å². The predicted molar refractivity (Wildman–Crippen MR) is 121 cm³/mol. The summed E-state index contributed by atoms with van der Waals surface area (Å²) in [5.74, 6) is -3.48. The molecule has 0 spiro atoms. The second-order valence-corrected chi connectivity index (χ2v) is 10.4. The number of alkyl halides is 2. The molecule has 2 N–H and O–H groups in total. The zero-order valence-electron chi connectivity index (χ0n) is 18.5. The third-order valence-corrected chi connectivity index (χ3v) is 6.82. The molecule has 0 bridgehead atoms. The molecule has 170 valence electrons. The zero-order chi connectivity index (χ0) is 23.4. The lowest BCUT2D eigenvalue weighted by Crippen LogP contribution is -2.41. The van der Waals surface area contributed by atoms with Gasteiger partial charge in [-0.15, -0.1) is 0 Å². The highest BCUT2D eigenvalue weighted by atomic mass is 32.2. The summed E-state index contributed by atoms with van der Waals surface area (Å²) in [4.78, 5) is 12.7. The number of anilines is 2. The van der Waals surface area contributed by atoms with Gasteiger partial charge in [0.2, 0.25) is 5.91 Å². The van der Waals surface area contributed by atoms with E-state index in [0.717, 1.165) is 12.5 Å². The number of hydrogen-bond acceptors (Lipinski definition) is 4. The molecule has 1 unspecified atom stereocenters. The van der Waals surface area contributed by atoms with Gasteiger partial charge in [0.05, 0.1) is 23.1 Å². The van der Waals surface area contributed by atoms with Gasteiger partial charge in [-0.1, -0.05) is 39.0 Å². The summed E-state index contributed by atoms with van der Waals surface area (Å²) in [6.07, 6.45) is 0.0603. The largest absolute Gasteiger partial charge is 0.376 e. The molecule has 8 heteroatoms. The molecule has 0 aliphatic rings. The molecule has 1 atom stereocenters. The van der Waals surface area contributed by atoms with Gasteiger partial charge in [0.25, 0.3) is 5.92 Å². The van der Waals surface area contributed by atoms with E-state index < -0.39 is 21.8 Å². The van der Waals surface area contributed by atoms with Gasteiger partial charge >= 0.3 is 0 Å². The van der Waals surface area contributed by atoms with Crippen molar-refractivity contribution in [3.8, 4) is 0 Å². The van der Waals surface area contributed by atoms with Crippen molar-refractivity contribution in [1.82, 2.24) is 0 Å². The van der Waals surface area contributed by atoms with Crippen molar-refractivity contribution < 1.29 is 22.0 Å². The van der Waals surface area contributed by atoms with Gasteiger partial charge in [-0.05, 0) is 48.2 Å². The van der Waals surface area contributed by atoms with E-state index in [0.29, 0.717) is 16.9 Å². The number of benzene rings is 2. The van der Waals surface area contributed by atoms with Crippen molar-refractivity contribution in [3.63, 3.8) is 0 Å². The molecule has 2 aromatic carbocycles. The SMILES string of the molecule is CCS(=O)(=O)c1ccc(CC(=O)Nc2ccc(C)c(NC(C(C)C)C(C)(F)F)c2)cc1. The fourth-order valence-electron chi connectivity index (χ4n) is 3.27. The summed E-state index contributed by atoms with van der Waals surface area (Å²) in [5, 5.41) is 5.69. The van der Waals surface area contributed by atoms with Crippen LogP contribution in [0.2, 0.25) is 0 Å². The van der Waals surface area contributed by atoms with E-state index in [1.54, 1.807) is 51.1 Å². The minimum Gasteiger partial charge on any atom is -0.376 e. The van der Waals surface area contributed by atoms with Gasteiger partial charge < -0.3 is 10.6 Å². The van der Waals surface area contributed by atoms with Crippen molar-refractivity contribution in [3.05, 3.63) is 53.6 Å². The first-order valence-electron chi connectivity index (χ1n) is 10.2. The quantitative estimate of drug-likeness (QED) is 0.558. The number of aryl methyl sites for hydroxylation is 1. The van der Waals surface area contributed by atoms with E-state index in [2.05, 4.69) is 10.6 Å². The Morgan fingerprint density at radius 1 is 1.10 bits per heavy atom. The number of amides is 1. The van der Waals surface area contributed by atoms with Gasteiger partial charge in [-0.3, -0.25) is 4.79 Å². The number of nitrogens with one attached hydrogen (secondary N) is 2. The smallest absolute Gasteiger partial charge is 0.265 e. The summed E-state index contributed by atoms with van der Waals surface area (Å²) in [6.45, 7) is 7.74. The first-order chi connectivity index (χ1) is 14.3. The Morgan fingerprint density at radius 3 is 2.23 bits per heavy atom. The molecule has 0 aliphatic heterocycles. The van der Waals surface area contributed by atoms with Gasteiger partial charge in [-0.25, -0.2) is 17.2 Å². The predicted octanol–water partition coefficient (Wildman–Crippen LogP) is 5.06. The van der Waals surface area contributed by atoms with E-state index in [9.17, 15) is 22.0 Å². The van der Waals surface area contributed by atoms with Crippen LogP contribution < -0.4 is 10.6 Å². The Hall–Kier alpha value is -2.48. The lowest BCUT2D eigenvalue weighted by molar-refractivity contribution is -0.115. The molecule has 5 nitrogen and oxygen atoms in total. The minimum absolute atomic E-state index is 0.0122. The Morgan fingerprint density at radius 2 is 1.71 bits per heavy atom. The van der Waals surface area contributed by atoms with Gasteiger partial charge in [0.15, 0.2) is 9.84 Å². The molecule has 0 saturated heterocycles. The van der Waals surface area contributed by atoms with Crippen molar-refractivity contribution in [1.29, 1.82) is 0 Å². The van der Waals surface area contributed by atoms with E-state index >= 15 is 0 Å². The Balaban J connectivity index is 2.11. The standard InChI is InChI=1S/C23H30F2N2O3S/c1-6-31(29,30)19-11-8-17(9-12-19)13-21(28)26-18-10-7-16(4)20(14-18)27-22(15(2)3)23(5,24)25/h7-12,14-15,22,27H,6,13H2,1-5H3,(H,26,28). The molecule has 0 aromatic heterocycles. The van der Waals surface area contributed by atoms with Gasteiger partial charge in [0, 0.05) is 18.3 Å².